The topological polar surface area (TPSA) is 40.5 Å². The zero-order chi connectivity index (χ0) is 12.2. The van der Waals surface area contributed by atoms with E-state index in [0.29, 0.717) is 16.6 Å². The Bertz CT molecular complexity index is 485. The minimum atomic E-state index is -0.682. The van der Waals surface area contributed by atoms with Crippen molar-refractivity contribution in [2.75, 3.05) is 18.0 Å². The molecule has 0 spiro atoms. The van der Waals surface area contributed by atoms with E-state index in [9.17, 15) is 9.90 Å². The quantitative estimate of drug-likeness (QED) is 0.899. The van der Waals surface area contributed by atoms with Crippen LogP contribution in [-0.4, -0.2) is 24.2 Å². The summed E-state index contributed by atoms with van der Waals surface area (Å²) in [5.41, 5.74) is 0.393. The monoisotopic (exact) mass is 271 g/mol. The fourth-order valence-electron chi connectivity index (χ4n) is 2.73. The van der Waals surface area contributed by atoms with Gasteiger partial charge in [-0.25, -0.2) is 0 Å². The van der Waals surface area contributed by atoms with Crippen molar-refractivity contribution in [1.82, 2.24) is 0 Å². The number of piperidine rings is 1. The van der Waals surface area contributed by atoms with Crippen LogP contribution in [0.25, 0.3) is 0 Å². The van der Waals surface area contributed by atoms with Crippen LogP contribution in [0, 0.1) is 11.3 Å². The number of aliphatic carboxylic acids is 1. The summed E-state index contributed by atoms with van der Waals surface area (Å²) in [5, 5.41) is 10.4. The third-order valence-electron chi connectivity index (χ3n) is 3.78. The van der Waals surface area contributed by atoms with Crippen molar-refractivity contribution >= 4 is 34.9 Å². The van der Waals surface area contributed by atoms with E-state index in [2.05, 4.69) is 4.90 Å². The van der Waals surface area contributed by atoms with E-state index in [1.165, 1.54) is 0 Å². The van der Waals surface area contributed by atoms with Crippen LogP contribution in [0.5, 0.6) is 0 Å². The maximum absolute atomic E-state index is 11.2. The number of carbonyl (C=O) groups is 1. The molecule has 3 rings (SSSR count). The normalized spacial score (nSPS) is 30.2. The molecular formula is C12H11Cl2NO2. The smallest absolute Gasteiger partial charge is 0.311 e. The lowest BCUT2D eigenvalue weighted by atomic mass is 10.1. The van der Waals surface area contributed by atoms with Gasteiger partial charge in [0, 0.05) is 28.8 Å². The molecule has 2 atom stereocenters. The molecule has 2 aliphatic rings. The second kappa shape index (κ2) is 3.53. The number of carboxylic acids is 1. The highest BCUT2D eigenvalue weighted by Gasteiger charge is 2.65. The molecule has 5 heteroatoms. The van der Waals surface area contributed by atoms with Crippen LogP contribution in [0.4, 0.5) is 5.69 Å². The lowest BCUT2D eigenvalue weighted by Gasteiger charge is -2.22. The Hall–Kier alpha value is -0.930. The first-order valence-corrected chi connectivity index (χ1v) is 6.21. The summed E-state index contributed by atoms with van der Waals surface area (Å²) in [5.74, 6) is -0.407. The average Bonchev–Trinajstić information content (AvgIpc) is 2.81. The van der Waals surface area contributed by atoms with Crippen LogP contribution >= 0.6 is 23.2 Å². The Morgan fingerprint density at radius 2 is 2.00 bits per heavy atom. The van der Waals surface area contributed by atoms with E-state index < -0.39 is 11.4 Å². The number of benzene rings is 1. The number of carboxylic acid groups (broad SMARTS) is 1. The molecule has 2 fully saturated rings. The highest BCUT2D eigenvalue weighted by Crippen LogP contribution is 2.58. The van der Waals surface area contributed by atoms with Crippen LogP contribution in [0.3, 0.4) is 0 Å². The molecule has 0 bridgehead atoms. The standard InChI is InChI=1S/C12H11Cl2NO2/c13-8-1-9(14)3-10(2-8)15-5-7-4-12(7,6-15)11(16)17/h1-3,7H,4-6H2,(H,16,17). The van der Waals surface area contributed by atoms with Gasteiger partial charge >= 0.3 is 5.97 Å². The third kappa shape index (κ3) is 1.69. The number of fused-ring (bicyclic) bond motifs is 1. The average molecular weight is 272 g/mol. The van der Waals surface area contributed by atoms with E-state index in [4.69, 9.17) is 23.2 Å². The second-order valence-corrected chi connectivity index (χ2v) is 5.74. The van der Waals surface area contributed by atoms with Gasteiger partial charge in [-0.05, 0) is 30.5 Å². The van der Waals surface area contributed by atoms with Gasteiger partial charge in [-0.2, -0.15) is 0 Å². The zero-order valence-electron chi connectivity index (χ0n) is 8.99. The van der Waals surface area contributed by atoms with E-state index in [0.717, 1.165) is 18.7 Å². The van der Waals surface area contributed by atoms with Crippen LogP contribution in [0.15, 0.2) is 18.2 Å². The first-order chi connectivity index (χ1) is 8.01. The molecule has 1 saturated carbocycles. The van der Waals surface area contributed by atoms with Gasteiger partial charge in [0.05, 0.1) is 5.41 Å². The van der Waals surface area contributed by atoms with Crippen LogP contribution in [-0.2, 0) is 4.79 Å². The molecule has 0 aromatic heterocycles. The Kier molecular flexibility index (Phi) is 2.32. The lowest BCUT2D eigenvalue weighted by Crippen LogP contribution is -2.28. The fourth-order valence-corrected chi connectivity index (χ4v) is 3.25. The van der Waals surface area contributed by atoms with Gasteiger partial charge in [0.15, 0.2) is 0 Å². The Labute approximate surface area is 109 Å². The molecule has 90 valence electrons. The number of hydrogen-bond donors (Lipinski definition) is 1. The van der Waals surface area contributed by atoms with Gasteiger partial charge in [0.25, 0.3) is 0 Å². The van der Waals surface area contributed by atoms with Gasteiger partial charge in [-0.3, -0.25) is 4.79 Å². The van der Waals surface area contributed by atoms with Crippen molar-refractivity contribution in [3.63, 3.8) is 0 Å². The largest absolute Gasteiger partial charge is 0.481 e. The molecule has 1 aliphatic carbocycles. The number of rotatable bonds is 2. The van der Waals surface area contributed by atoms with Crippen LogP contribution in [0.2, 0.25) is 10.0 Å². The SMILES string of the molecule is O=C(O)C12CC1CN(c1cc(Cl)cc(Cl)c1)C2. The number of halogens is 2. The van der Waals surface area contributed by atoms with E-state index in [-0.39, 0.29) is 5.92 Å². The molecule has 1 heterocycles. The maximum Gasteiger partial charge on any atom is 0.311 e. The highest BCUT2D eigenvalue weighted by molar-refractivity contribution is 6.35. The molecule has 1 aromatic rings. The van der Waals surface area contributed by atoms with Gasteiger partial charge in [0.2, 0.25) is 0 Å². The summed E-state index contributed by atoms with van der Waals surface area (Å²) in [7, 11) is 0. The summed E-state index contributed by atoms with van der Waals surface area (Å²) in [4.78, 5) is 13.3. The zero-order valence-corrected chi connectivity index (χ0v) is 10.5. The van der Waals surface area contributed by atoms with Gasteiger partial charge < -0.3 is 10.0 Å². The second-order valence-electron chi connectivity index (χ2n) is 4.87. The predicted octanol–water partition coefficient (Wildman–Crippen LogP) is 2.90. The van der Waals surface area contributed by atoms with E-state index in [1.807, 2.05) is 12.1 Å². The lowest BCUT2D eigenvalue weighted by molar-refractivity contribution is -0.142. The maximum atomic E-state index is 11.2. The molecule has 1 saturated heterocycles. The number of anilines is 1. The summed E-state index contributed by atoms with van der Waals surface area (Å²) in [6.07, 6.45) is 0.799. The molecule has 1 N–H and O–H groups in total. The summed E-state index contributed by atoms with van der Waals surface area (Å²) in [6.45, 7) is 1.34. The first-order valence-electron chi connectivity index (χ1n) is 5.46. The molecule has 17 heavy (non-hydrogen) atoms. The Morgan fingerprint density at radius 3 is 2.53 bits per heavy atom. The first kappa shape index (κ1) is 11.2. The third-order valence-corrected chi connectivity index (χ3v) is 4.22. The van der Waals surface area contributed by atoms with E-state index >= 15 is 0 Å². The molecular weight excluding hydrogens is 261 g/mol. The number of hydrogen-bond acceptors (Lipinski definition) is 2. The Morgan fingerprint density at radius 1 is 1.35 bits per heavy atom. The molecule has 1 aromatic carbocycles. The Balaban J connectivity index is 1.86. The summed E-state index contributed by atoms with van der Waals surface area (Å²) in [6, 6.07) is 5.33. The highest BCUT2D eigenvalue weighted by atomic mass is 35.5. The molecule has 2 unspecified atom stereocenters. The van der Waals surface area contributed by atoms with Crippen molar-refractivity contribution in [1.29, 1.82) is 0 Å². The fraction of sp³-hybridized carbons (Fsp3) is 0.417. The summed E-state index contributed by atoms with van der Waals surface area (Å²) < 4.78 is 0. The number of nitrogens with zero attached hydrogens (tertiary/aromatic N) is 1. The van der Waals surface area contributed by atoms with Crippen molar-refractivity contribution in [3.8, 4) is 0 Å². The van der Waals surface area contributed by atoms with Crippen molar-refractivity contribution < 1.29 is 9.90 Å². The van der Waals surface area contributed by atoms with Gasteiger partial charge in [-0.1, -0.05) is 23.2 Å². The molecule has 0 amide bonds. The predicted molar refractivity (Wildman–Crippen MR) is 66.9 cm³/mol. The molecule has 3 nitrogen and oxygen atoms in total. The van der Waals surface area contributed by atoms with Gasteiger partial charge in [-0.15, -0.1) is 0 Å². The molecule has 0 radical (unpaired) electrons. The van der Waals surface area contributed by atoms with Crippen LogP contribution in [0.1, 0.15) is 6.42 Å². The minimum Gasteiger partial charge on any atom is -0.481 e. The molecule has 1 aliphatic heterocycles. The van der Waals surface area contributed by atoms with E-state index in [1.54, 1.807) is 6.07 Å². The minimum absolute atomic E-state index is 0.276. The van der Waals surface area contributed by atoms with Crippen molar-refractivity contribution in [2.45, 2.75) is 6.42 Å². The van der Waals surface area contributed by atoms with Crippen molar-refractivity contribution in [2.24, 2.45) is 11.3 Å². The van der Waals surface area contributed by atoms with Gasteiger partial charge in [0.1, 0.15) is 0 Å². The van der Waals surface area contributed by atoms with Crippen LogP contribution < -0.4 is 4.90 Å². The summed E-state index contributed by atoms with van der Waals surface area (Å²) >= 11 is 11.9. The van der Waals surface area contributed by atoms with Crippen molar-refractivity contribution in [3.05, 3.63) is 28.2 Å².